The van der Waals surface area contributed by atoms with Gasteiger partial charge in [-0.15, -0.1) is 11.3 Å². The van der Waals surface area contributed by atoms with Gasteiger partial charge in [0.2, 0.25) is 0 Å². The Morgan fingerprint density at radius 3 is 2.63 bits per heavy atom. The van der Waals surface area contributed by atoms with Crippen LogP contribution in [-0.4, -0.2) is 64.4 Å². The van der Waals surface area contributed by atoms with Crippen LogP contribution in [0.4, 0.5) is 49.2 Å². The predicted molar refractivity (Wildman–Crippen MR) is 189 cm³/mol. The molecule has 2 fully saturated rings. The largest absolute Gasteiger partial charge is 0.489 e. The number of thiophene rings is 1. The zero-order chi connectivity index (χ0) is 38.6. The van der Waals surface area contributed by atoms with E-state index in [9.17, 15) is 9.65 Å². The van der Waals surface area contributed by atoms with Gasteiger partial charge in [-0.2, -0.15) is 15.2 Å². The van der Waals surface area contributed by atoms with Crippen LogP contribution in [0, 0.1) is 23.0 Å². The number of halogens is 8. The molecule has 0 radical (unpaired) electrons. The molecule has 0 aliphatic carbocycles. The molecular formula is C34H30F8N8O2S2. The molecule has 286 valence electrons. The Kier molecular flexibility index (Phi) is 7.74. The highest BCUT2D eigenvalue weighted by Crippen LogP contribution is 3.04. The van der Waals surface area contributed by atoms with Crippen LogP contribution in [0.25, 0.3) is 32.1 Å². The molecule has 0 bridgehead atoms. The van der Waals surface area contributed by atoms with E-state index in [1.54, 1.807) is 25.1 Å². The van der Waals surface area contributed by atoms with Crippen molar-refractivity contribution >= 4 is 59.2 Å². The van der Waals surface area contributed by atoms with Gasteiger partial charge in [0.1, 0.15) is 53.4 Å². The Labute approximate surface area is 306 Å². The van der Waals surface area contributed by atoms with Crippen molar-refractivity contribution in [3.63, 3.8) is 0 Å². The van der Waals surface area contributed by atoms with Crippen molar-refractivity contribution < 1.29 is 42.1 Å². The number of hydrogen-bond donors (Lipinski definition) is 2. The van der Waals surface area contributed by atoms with Crippen LogP contribution in [0.1, 0.15) is 43.4 Å². The van der Waals surface area contributed by atoms with Crippen molar-refractivity contribution in [3.8, 4) is 29.0 Å². The zero-order valence-corrected chi connectivity index (χ0v) is 29.8. The van der Waals surface area contributed by atoms with Crippen LogP contribution in [-0.2, 0) is 0 Å². The molecule has 3 aliphatic rings. The molecule has 20 heteroatoms. The average Bonchev–Trinajstić information content (AvgIpc) is 3.70. The number of fused-ring (bicyclic) bond motifs is 2. The second kappa shape index (κ2) is 11.6. The number of anilines is 3. The molecule has 3 atom stereocenters. The van der Waals surface area contributed by atoms with Crippen molar-refractivity contribution in [1.82, 2.24) is 19.9 Å². The number of hydrogen-bond acceptors (Lipinski definition) is 11. The van der Waals surface area contributed by atoms with Gasteiger partial charge in [-0.1, -0.05) is 31.6 Å². The van der Waals surface area contributed by atoms with Crippen LogP contribution in [0.15, 0.2) is 35.4 Å². The minimum absolute atomic E-state index is 0.0532. The van der Waals surface area contributed by atoms with Gasteiger partial charge in [-0.05, 0) is 44.0 Å². The molecule has 8 rings (SSSR count). The highest BCUT2D eigenvalue weighted by molar-refractivity contribution is 8.46. The first-order chi connectivity index (χ1) is 25.3. The Morgan fingerprint density at radius 2 is 1.91 bits per heavy atom. The zero-order valence-electron chi connectivity index (χ0n) is 28.2. The number of benzene rings is 2. The molecule has 0 spiro atoms. The molecule has 6 heterocycles. The van der Waals surface area contributed by atoms with Gasteiger partial charge in [0.25, 0.3) is 0 Å². The third-order valence-electron chi connectivity index (χ3n) is 10.4. The first-order valence-corrected chi connectivity index (χ1v) is 19.4. The second-order valence-electron chi connectivity index (χ2n) is 13.7. The smallest absolute Gasteiger partial charge is 0.319 e. The van der Waals surface area contributed by atoms with Crippen LogP contribution in [0.2, 0.25) is 0 Å². The van der Waals surface area contributed by atoms with Gasteiger partial charge in [0.05, 0.1) is 33.8 Å². The van der Waals surface area contributed by atoms with Crippen LogP contribution in [0.3, 0.4) is 0 Å². The molecule has 2 aromatic carbocycles. The van der Waals surface area contributed by atoms with Crippen LogP contribution >= 0.6 is 21.6 Å². The lowest BCUT2D eigenvalue weighted by molar-refractivity contribution is 0.107. The number of nitrogens with zero attached hydrogens (tertiary/aromatic N) is 6. The minimum atomic E-state index is -11.0. The summed E-state index contributed by atoms with van der Waals surface area (Å²) in [6.07, 6.45) is 1.72. The molecule has 0 unspecified atom stereocenters. The Balaban J connectivity index is 1.46. The molecule has 5 aromatic rings. The molecule has 0 saturated carbocycles. The third kappa shape index (κ3) is 5.66. The number of nitrogen functional groups attached to an aromatic ring is 2. The van der Waals surface area contributed by atoms with Crippen LogP contribution in [0.5, 0.6) is 11.8 Å². The number of nitrogens with two attached hydrogens (primary N) is 2. The number of rotatable bonds is 7. The van der Waals surface area contributed by atoms with Gasteiger partial charge >= 0.3 is 16.2 Å². The monoisotopic (exact) mass is 798 g/mol. The Bertz CT molecular complexity index is 2450. The van der Waals surface area contributed by atoms with Gasteiger partial charge in [-0.25, -0.2) is 18.2 Å². The highest BCUT2D eigenvalue weighted by atomic mass is 32.5. The molecule has 4 N–H and O–H groups in total. The summed E-state index contributed by atoms with van der Waals surface area (Å²) in [5, 5.41) is 8.11. The van der Waals surface area contributed by atoms with Crippen LogP contribution < -0.4 is 25.8 Å². The minimum Gasteiger partial charge on any atom is -0.489 e. The number of ether oxygens (including phenoxy) is 2. The first-order valence-electron chi connectivity index (χ1n) is 16.7. The van der Waals surface area contributed by atoms with Crippen molar-refractivity contribution in [3.05, 3.63) is 53.2 Å². The van der Waals surface area contributed by atoms with Crippen molar-refractivity contribution in [2.24, 2.45) is 0 Å². The van der Waals surface area contributed by atoms with E-state index in [0.717, 1.165) is 6.42 Å². The molecule has 10 nitrogen and oxygen atoms in total. The lowest BCUT2D eigenvalue weighted by atomic mass is 9.95. The normalized spacial score (nSPS) is 22.0. The fraction of sp³-hybridized carbons (Fsp3) is 0.353. The lowest BCUT2D eigenvalue weighted by Gasteiger charge is -2.42. The summed E-state index contributed by atoms with van der Waals surface area (Å²) in [6, 6.07) is 4.79. The molecule has 0 amide bonds. The maximum atomic E-state index is 17.4. The van der Waals surface area contributed by atoms with E-state index in [0.29, 0.717) is 42.0 Å². The van der Waals surface area contributed by atoms with E-state index in [1.807, 2.05) is 4.90 Å². The summed E-state index contributed by atoms with van der Waals surface area (Å²) in [4.78, 5) is 13.2. The van der Waals surface area contributed by atoms with E-state index in [-0.39, 0.29) is 36.9 Å². The summed E-state index contributed by atoms with van der Waals surface area (Å²) >= 11 is 0.487. The molecule has 54 heavy (non-hydrogen) atoms. The topological polar surface area (TPSA) is 139 Å². The number of alkyl halides is 1. The fourth-order valence-corrected chi connectivity index (χ4v) is 10.1. The van der Waals surface area contributed by atoms with E-state index in [4.69, 9.17) is 20.9 Å². The van der Waals surface area contributed by atoms with Crippen molar-refractivity contribution in [2.45, 2.75) is 48.8 Å². The van der Waals surface area contributed by atoms with Gasteiger partial charge in [-0.3, -0.25) is 4.90 Å². The predicted octanol–water partition coefficient (Wildman–Crippen LogP) is 8.79. The molecule has 3 aliphatic heterocycles. The Hall–Kier alpha value is -4.87. The van der Waals surface area contributed by atoms with E-state index in [1.165, 1.54) is 11.1 Å². The highest BCUT2D eigenvalue weighted by Gasteiger charge is 2.69. The number of pyridine rings is 1. The first kappa shape index (κ1) is 36.1. The summed E-state index contributed by atoms with van der Waals surface area (Å²) in [7, 11) is -11.0. The van der Waals surface area contributed by atoms with Gasteiger partial charge in [0.15, 0.2) is 16.5 Å². The average molecular weight is 799 g/mol. The second-order valence-corrected chi connectivity index (χ2v) is 17.1. The summed E-state index contributed by atoms with van der Waals surface area (Å²) in [5.74, 6) is -4.77. The Morgan fingerprint density at radius 1 is 1.13 bits per heavy atom. The van der Waals surface area contributed by atoms with Crippen molar-refractivity contribution in [2.75, 3.05) is 49.2 Å². The van der Waals surface area contributed by atoms with E-state index >= 15 is 28.2 Å². The van der Waals surface area contributed by atoms with Gasteiger partial charge < -0.3 is 25.8 Å². The number of aromatic nitrogens is 3. The SMILES string of the molecule is C[C@H](c1cccnc1N)N1CCOc2c(S(F)(F)(F)(F)F)c(-c3ccc(F)c4sc(N)c(C#N)c34)c(F)c3nc(OC[C@@]45CCCN4C[C@H](F)C5)nc1c23. The molecule has 3 aromatic heterocycles. The quantitative estimate of drug-likeness (QED) is 0.154. The van der Waals surface area contributed by atoms with Gasteiger partial charge in [0, 0.05) is 35.7 Å². The fourth-order valence-electron chi connectivity index (χ4n) is 8.10. The summed E-state index contributed by atoms with van der Waals surface area (Å²) in [5.41, 5.74) is 7.65. The standard InChI is InChI=1S/C34H30F8N8O2S2/c1-16(18-4-2-8-46-30(18)44)50-10-11-51-27-24-26(47-33(48-32(24)50)52-15-34-7-3-9-49(34)14-17(35)12-34)25(37)23(29(27)54(38,39,40,41)42)19-5-6-21(36)28-22(19)20(13-43)31(45)53-28/h2,4-6,8,16-17H,3,7,9-12,14-15,45H2,1H3,(H2,44,46)/t16-,17-,34+/m1/s1. The maximum absolute atomic E-state index is 17.4. The summed E-state index contributed by atoms with van der Waals surface area (Å²) < 4.78 is 136. The number of nitriles is 1. The third-order valence-corrected chi connectivity index (χ3v) is 12.6. The molecular weight excluding hydrogens is 769 g/mol. The molecule has 2 saturated heterocycles. The van der Waals surface area contributed by atoms with Crippen molar-refractivity contribution in [1.29, 1.82) is 5.26 Å². The summed E-state index contributed by atoms with van der Waals surface area (Å²) in [6.45, 7) is 1.31. The van der Waals surface area contributed by atoms with E-state index in [2.05, 4.69) is 15.0 Å². The lowest BCUT2D eigenvalue weighted by Crippen LogP contribution is -2.43. The van der Waals surface area contributed by atoms with E-state index < -0.39 is 106 Å². The maximum Gasteiger partial charge on any atom is 0.319 e.